The molecule has 0 heteroatoms. The summed E-state index contributed by atoms with van der Waals surface area (Å²) in [5, 5.41) is 0. The van der Waals surface area contributed by atoms with Crippen molar-refractivity contribution in [3.63, 3.8) is 0 Å². The van der Waals surface area contributed by atoms with Crippen molar-refractivity contribution in [2.24, 2.45) is 0 Å². The molecule has 0 bridgehead atoms. The molecule has 1 aromatic carbocycles. The molecule has 0 amide bonds. The third-order valence-electron chi connectivity index (χ3n) is 2.33. The highest BCUT2D eigenvalue weighted by Gasteiger charge is 1.87. The molecule has 0 unspecified atom stereocenters. The first kappa shape index (κ1) is 11.0. The van der Waals surface area contributed by atoms with Gasteiger partial charge in [0.1, 0.15) is 0 Å². The Bertz CT molecular complexity index is 284. The standard InChI is InChI=1S/C14H20/c1-3-4-5-6-7-10-14-11-8-9-13(2)12-14/h7-12H,3-6H2,1-2H3/b10-7+. The lowest BCUT2D eigenvalue weighted by Crippen LogP contribution is -1.75. The average Bonchev–Trinajstić information content (AvgIpc) is 2.18. The molecule has 0 radical (unpaired) electrons. The second-order valence-corrected chi connectivity index (χ2v) is 3.81. The van der Waals surface area contributed by atoms with Crippen LogP contribution in [0.3, 0.4) is 0 Å². The zero-order chi connectivity index (χ0) is 10.2. The summed E-state index contributed by atoms with van der Waals surface area (Å²) in [5.41, 5.74) is 2.65. The molecule has 0 heterocycles. The van der Waals surface area contributed by atoms with Gasteiger partial charge < -0.3 is 0 Å². The van der Waals surface area contributed by atoms with E-state index in [1.165, 1.54) is 36.8 Å². The van der Waals surface area contributed by atoms with Gasteiger partial charge >= 0.3 is 0 Å². The summed E-state index contributed by atoms with van der Waals surface area (Å²) in [6.07, 6.45) is 9.68. The zero-order valence-corrected chi connectivity index (χ0v) is 9.29. The Kier molecular flexibility index (Phi) is 5.06. The van der Waals surface area contributed by atoms with Gasteiger partial charge in [-0.15, -0.1) is 0 Å². The summed E-state index contributed by atoms with van der Waals surface area (Å²) in [4.78, 5) is 0. The highest BCUT2D eigenvalue weighted by atomic mass is 13.9. The first-order valence-corrected chi connectivity index (χ1v) is 5.56. The van der Waals surface area contributed by atoms with Crippen LogP contribution < -0.4 is 0 Å². The summed E-state index contributed by atoms with van der Waals surface area (Å²) in [5.74, 6) is 0. The predicted molar refractivity (Wildman–Crippen MR) is 64.4 cm³/mol. The molecule has 1 aromatic rings. The fourth-order valence-electron chi connectivity index (χ4n) is 1.51. The number of allylic oxidation sites excluding steroid dienone is 1. The van der Waals surface area contributed by atoms with E-state index in [4.69, 9.17) is 0 Å². The van der Waals surface area contributed by atoms with Gasteiger partial charge in [0, 0.05) is 0 Å². The van der Waals surface area contributed by atoms with Gasteiger partial charge in [-0.05, 0) is 25.3 Å². The topological polar surface area (TPSA) is 0 Å². The van der Waals surface area contributed by atoms with Crippen LogP contribution in [0.5, 0.6) is 0 Å². The van der Waals surface area contributed by atoms with Gasteiger partial charge in [0.25, 0.3) is 0 Å². The van der Waals surface area contributed by atoms with E-state index >= 15 is 0 Å². The Labute approximate surface area is 87.7 Å². The zero-order valence-electron chi connectivity index (χ0n) is 9.29. The number of rotatable bonds is 5. The van der Waals surface area contributed by atoms with Crippen molar-refractivity contribution < 1.29 is 0 Å². The minimum Gasteiger partial charge on any atom is -0.0839 e. The molecule has 0 N–H and O–H groups in total. The second-order valence-electron chi connectivity index (χ2n) is 3.81. The summed E-state index contributed by atoms with van der Waals surface area (Å²) >= 11 is 0. The van der Waals surface area contributed by atoms with Crippen molar-refractivity contribution in [3.05, 3.63) is 41.5 Å². The van der Waals surface area contributed by atoms with Crippen molar-refractivity contribution in [2.45, 2.75) is 39.5 Å². The molecule has 0 atom stereocenters. The molecular weight excluding hydrogens is 168 g/mol. The first-order chi connectivity index (χ1) is 6.83. The van der Waals surface area contributed by atoms with Crippen LogP contribution in [0.1, 0.15) is 43.7 Å². The van der Waals surface area contributed by atoms with E-state index in [2.05, 4.69) is 50.3 Å². The Morgan fingerprint density at radius 1 is 1.21 bits per heavy atom. The van der Waals surface area contributed by atoms with E-state index < -0.39 is 0 Å². The molecule has 0 saturated heterocycles. The molecule has 0 saturated carbocycles. The summed E-state index contributed by atoms with van der Waals surface area (Å²) in [6.45, 7) is 4.37. The maximum absolute atomic E-state index is 2.28. The maximum Gasteiger partial charge on any atom is -0.0257 e. The summed E-state index contributed by atoms with van der Waals surface area (Å²) in [6, 6.07) is 8.62. The molecule has 14 heavy (non-hydrogen) atoms. The van der Waals surface area contributed by atoms with Gasteiger partial charge in [-0.1, -0.05) is 61.7 Å². The number of benzene rings is 1. The highest BCUT2D eigenvalue weighted by molar-refractivity contribution is 5.49. The van der Waals surface area contributed by atoms with Gasteiger partial charge in [-0.25, -0.2) is 0 Å². The molecule has 0 aromatic heterocycles. The van der Waals surface area contributed by atoms with Crippen molar-refractivity contribution >= 4 is 6.08 Å². The molecule has 0 aliphatic carbocycles. The second kappa shape index (κ2) is 6.42. The van der Waals surface area contributed by atoms with Crippen molar-refractivity contribution in [1.29, 1.82) is 0 Å². The summed E-state index contributed by atoms with van der Waals surface area (Å²) in [7, 11) is 0. The third kappa shape index (κ3) is 4.27. The van der Waals surface area contributed by atoms with Gasteiger partial charge in [-0.2, -0.15) is 0 Å². The van der Waals surface area contributed by atoms with Crippen LogP contribution in [0.2, 0.25) is 0 Å². The lowest BCUT2D eigenvalue weighted by Gasteiger charge is -1.95. The number of aryl methyl sites for hydroxylation is 1. The number of unbranched alkanes of at least 4 members (excludes halogenated alkanes) is 3. The van der Waals surface area contributed by atoms with Crippen LogP contribution >= 0.6 is 0 Å². The Hall–Kier alpha value is -1.04. The summed E-state index contributed by atoms with van der Waals surface area (Å²) < 4.78 is 0. The van der Waals surface area contributed by atoms with Crippen LogP contribution in [-0.4, -0.2) is 0 Å². The quantitative estimate of drug-likeness (QED) is 0.593. The van der Waals surface area contributed by atoms with Gasteiger partial charge in [-0.3, -0.25) is 0 Å². The Morgan fingerprint density at radius 2 is 2.07 bits per heavy atom. The van der Waals surface area contributed by atoms with Gasteiger partial charge in [0.15, 0.2) is 0 Å². The van der Waals surface area contributed by atoms with E-state index in [0.717, 1.165) is 0 Å². The van der Waals surface area contributed by atoms with Crippen LogP contribution in [-0.2, 0) is 0 Å². The number of hydrogen-bond donors (Lipinski definition) is 0. The first-order valence-electron chi connectivity index (χ1n) is 5.56. The largest absolute Gasteiger partial charge is 0.0839 e. The van der Waals surface area contributed by atoms with Crippen LogP contribution in [0.25, 0.3) is 6.08 Å². The third-order valence-corrected chi connectivity index (χ3v) is 2.33. The fourth-order valence-corrected chi connectivity index (χ4v) is 1.51. The van der Waals surface area contributed by atoms with E-state index in [1.54, 1.807) is 0 Å². The smallest absolute Gasteiger partial charge is 0.0257 e. The van der Waals surface area contributed by atoms with Crippen molar-refractivity contribution in [1.82, 2.24) is 0 Å². The molecule has 0 spiro atoms. The van der Waals surface area contributed by atoms with E-state index in [-0.39, 0.29) is 0 Å². The predicted octanol–water partition coefficient (Wildman–Crippen LogP) is 4.59. The highest BCUT2D eigenvalue weighted by Crippen LogP contribution is 2.07. The maximum atomic E-state index is 2.28. The minimum absolute atomic E-state index is 1.21. The average molecular weight is 188 g/mol. The SMILES string of the molecule is CCCCC/C=C/c1cccc(C)c1. The fraction of sp³-hybridized carbons (Fsp3) is 0.429. The Morgan fingerprint density at radius 3 is 2.79 bits per heavy atom. The normalized spacial score (nSPS) is 11.0. The van der Waals surface area contributed by atoms with E-state index in [0.29, 0.717) is 0 Å². The molecule has 0 aliphatic heterocycles. The lowest BCUT2D eigenvalue weighted by molar-refractivity contribution is 0.730. The molecule has 1 rings (SSSR count). The van der Waals surface area contributed by atoms with Crippen LogP contribution in [0.15, 0.2) is 30.3 Å². The molecular formula is C14H20. The minimum atomic E-state index is 1.21. The van der Waals surface area contributed by atoms with Gasteiger partial charge in [0.05, 0.1) is 0 Å². The molecule has 0 aliphatic rings. The van der Waals surface area contributed by atoms with Crippen LogP contribution in [0.4, 0.5) is 0 Å². The molecule has 0 fully saturated rings. The van der Waals surface area contributed by atoms with Gasteiger partial charge in [0.2, 0.25) is 0 Å². The van der Waals surface area contributed by atoms with E-state index in [1.807, 2.05) is 0 Å². The molecule has 76 valence electrons. The number of hydrogen-bond acceptors (Lipinski definition) is 0. The lowest BCUT2D eigenvalue weighted by atomic mass is 10.1. The molecule has 0 nitrogen and oxygen atoms in total. The Balaban J connectivity index is 2.36. The van der Waals surface area contributed by atoms with E-state index in [9.17, 15) is 0 Å². The van der Waals surface area contributed by atoms with Crippen molar-refractivity contribution in [3.8, 4) is 0 Å². The monoisotopic (exact) mass is 188 g/mol. The van der Waals surface area contributed by atoms with Crippen LogP contribution in [0, 0.1) is 6.92 Å². The van der Waals surface area contributed by atoms with Crippen molar-refractivity contribution in [2.75, 3.05) is 0 Å².